The van der Waals surface area contributed by atoms with Crippen LogP contribution >= 0.6 is 0 Å². The molecule has 0 amide bonds. The second-order valence-corrected chi connectivity index (χ2v) is 5.04. The fourth-order valence-electron chi connectivity index (χ4n) is 3.35. The summed E-state index contributed by atoms with van der Waals surface area (Å²) in [5.74, 6) is 1.32. The first-order valence-electron chi connectivity index (χ1n) is 5.66. The van der Waals surface area contributed by atoms with E-state index in [1.165, 1.54) is 12.8 Å². The monoisotopic (exact) mass is 194 g/mol. The van der Waals surface area contributed by atoms with E-state index >= 15 is 0 Å². The van der Waals surface area contributed by atoms with Gasteiger partial charge in [0.2, 0.25) is 0 Å². The summed E-state index contributed by atoms with van der Waals surface area (Å²) in [6.45, 7) is 2.08. The molecule has 2 bridgehead atoms. The van der Waals surface area contributed by atoms with Gasteiger partial charge in [-0.3, -0.25) is 4.79 Å². The highest BCUT2D eigenvalue weighted by molar-refractivity contribution is 5.88. The maximum absolute atomic E-state index is 12.1. The molecule has 0 spiro atoms. The standard InChI is InChI=1S/C12H18O2/c1-12(7-2-8-13)10-5-3-9(4-6-10)11(12)14/h8-10H,2-7H2,1H3. The van der Waals surface area contributed by atoms with Gasteiger partial charge in [-0.05, 0) is 38.0 Å². The number of ketones is 1. The minimum atomic E-state index is -0.165. The van der Waals surface area contributed by atoms with E-state index in [2.05, 4.69) is 6.92 Å². The minimum absolute atomic E-state index is 0.165. The van der Waals surface area contributed by atoms with E-state index in [9.17, 15) is 9.59 Å². The Morgan fingerprint density at radius 1 is 1.36 bits per heavy atom. The molecule has 0 heterocycles. The van der Waals surface area contributed by atoms with Gasteiger partial charge in [-0.15, -0.1) is 0 Å². The molecule has 78 valence electrons. The topological polar surface area (TPSA) is 34.1 Å². The van der Waals surface area contributed by atoms with E-state index in [-0.39, 0.29) is 5.41 Å². The second-order valence-electron chi connectivity index (χ2n) is 5.04. The lowest BCUT2D eigenvalue weighted by atomic mass is 9.54. The average molecular weight is 194 g/mol. The summed E-state index contributed by atoms with van der Waals surface area (Å²) in [6.07, 6.45) is 6.86. The van der Waals surface area contributed by atoms with Gasteiger partial charge in [-0.25, -0.2) is 0 Å². The van der Waals surface area contributed by atoms with Gasteiger partial charge >= 0.3 is 0 Å². The summed E-state index contributed by atoms with van der Waals surface area (Å²) in [5, 5.41) is 0. The van der Waals surface area contributed by atoms with Crippen LogP contribution in [-0.4, -0.2) is 12.1 Å². The largest absolute Gasteiger partial charge is 0.303 e. The minimum Gasteiger partial charge on any atom is -0.303 e. The Morgan fingerprint density at radius 3 is 2.50 bits per heavy atom. The van der Waals surface area contributed by atoms with Gasteiger partial charge in [0.25, 0.3) is 0 Å². The first-order valence-corrected chi connectivity index (χ1v) is 5.66. The Bertz CT molecular complexity index is 251. The number of carbonyl (C=O) groups is 2. The molecule has 1 atom stereocenters. The molecule has 3 saturated carbocycles. The molecule has 3 fully saturated rings. The van der Waals surface area contributed by atoms with Crippen molar-refractivity contribution in [3.05, 3.63) is 0 Å². The first-order chi connectivity index (χ1) is 6.68. The van der Waals surface area contributed by atoms with E-state index in [0.29, 0.717) is 24.0 Å². The molecule has 2 heteroatoms. The van der Waals surface area contributed by atoms with Crippen LogP contribution in [0.15, 0.2) is 0 Å². The first kappa shape index (κ1) is 9.88. The summed E-state index contributed by atoms with van der Waals surface area (Å²) >= 11 is 0. The fourth-order valence-corrected chi connectivity index (χ4v) is 3.35. The predicted octanol–water partition coefficient (Wildman–Crippen LogP) is 2.36. The maximum atomic E-state index is 12.1. The number of carbonyl (C=O) groups excluding carboxylic acids is 2. The van der Waals surface area contributed by atoms with Crippen molar-refractivity contribution >= 4 is 12.1 Å². The van der Waals surface area contributed by atoms with Gasteiger partial charge in [0.05, 0.1) is 0 Å². The van der Waals surface area contributed by atoms with Crippen molar-refractivity contribution < 1.29 is 9.59 Å². The molecular formula is C12H18O2. The van der Waals surface area contributed by atoms with E-state index < -0.39 is 0 Å². The molecular weight excluding hydrogens is 176 g/mol. The molecule has 0 aromatic heterocycles. The van der Waals surface area contributed by atoms with Crippen LogP contribution in [0.4, 0.5) is 0 Å². The summed E-state index contributed by atoms with van der Waals surface area (Å²) < 4.78 is 0. The lowest BCUT2D eigenvalue weighted by Gasteiger charge is -2.48. The molecule has 3 aliphatic rings. The molecule has 0 N–H and O–H groups in total. The number of aldehydes is 1. The van der Waals surface area contributed by atoms with Crippen LogP contribution in [0, 0.1) is 17.3 Å². The summed E-state index contributed by atoms with van der Waals surface area (Å²) in [5.41, 5.74) is -0.165. The normalized spacial score (nSPS) is 41.4. The SMILES string of the molecule is CC1(CCC=O)C(=O)C2CCC1CC2. The van der Waals surface area contributed by atoms with Crippen molar-refractivity contribution in [1.82, 2.24) is 0 Å². The summed E-state index contributed by atoms with van der Waals surface area (Å²) in [6, 6.07) is 0. The third-order valence-corrected chi connectivity index (χ3v) is 4.34. The lowest BCUT2D eigenvalue weighted by molar-refractivity contribution is -0.145. The molecule has 0 aromatic carbocycles. The highest BCUT2D eigenvalue weighted by Gasteiger charge is 2.50. The quantitative estimate of drug-likeness (QED) is 0.646. The van der Waals surface area contributed by atoms with Gasteiger partial charge in [0.15, 0.2) is 0 Å². The van der Waals surface area contributed by atoms with Gasteiger partial charge in [0, 0.05) is 17.8 Å². The Morgan fingerprint density at radius 2 is 2.00 bits per heavy atom. The predicted molar refractivity (Wildman–Crippen MR) is 53.9 cm³/mol. The van der Waals surface area contributed by atoms with Crippen LogP contribution < -0.4 is 0 Å². The molecule has 0 saturated heterocycles. The van der Waals surface area contributed by atoms with Crippen molar-refractivity contribution in [1.29, 1.82) is 0 Å². The van der Waals surface area contributed by atoms with Crippen LogP contribution in [0.1, 0.15) is 45.4 Å². The van der Waals surface area contributed by atoms with Crippen LogP contribution in [0.25, 0.3) is 0 Å². The number of rotatable bonds is 3. The zero-order valence-corrected chi connectivity index (χ0v) is 8.79. The van der Waals surface area contributed by atoms with E-state index in [4.69, 9.17) is 0 Å². The van der Waals surface area contributed by atoms with Crippen molar-refractivity contribution in [2.75, 3.05) is 0 Å². The lowest BCUT2D eigenvalue weighted by Crippen LogP contribution is -2.48. The molecule has 1 unspecified atom stereocenters. The second kappa shape index (κ2) is 3.48. The van der Waals surface area contributed by atoms with Gasteiger partial charge in [-0.2, -0.15) is 0 Å². The van der Waals surface area contributed by atoms with E-state index in [1.807, 2.05) is 0 Å². The van der Waals surface area contributed by atoms with Gasteiger partial charge in [0.1, 0.15) is 12.1 Å². The maximum Gasteiger partial charge on any atom is 0.142 e. The zero-order valence-electron chi connectivity index (χ0n) is 8.79. The Kier molecular flexibility index (Phi) is 2.46. The van der Waals surface area contributed by atoms with Crippen LogP contribution in [0.3, 0.4) is 0 Å². The van der Waals surface area contributed by atoms with E-state index in [1.54, 1.807) is 0 Å². The Balaban J connectivity index is 2.16. The summed E-state index contributed by atoms with van der Waals surface area (Å²) in [7, 11) is 0. The van der Waals surface area contributed by atoms with Gasteiger partial charge < -0.3 is 4.79 Å². The number of fused-ring (bicyclic) bond motifs is 3. The molecule has 0 aromatic rings. The Labute approximate surface area is 85.1 Å². The van der Waals surface area contributed by atoms with E-state index in [0.717, 1.165) is 25.5 Å². The molecule has 3 rings (SSSR count). The third-order valence-electron chi connectivity index (χ3n) is 4.34. The van der Waals surface area contributed by atoms with Crippen molar-refractivity contribution in [2.45, 2.75) is 45.4 Å². The third kappa shape index (κ3) is 1.32. The number of Topliss-reactive ketones (excluding diaryl/α,β-unsaturated/α-hetero) is 1. The summed E-state index contributed by atoms with van der Waals surface area (Å²) in [4.78, 5) is 22.5. The fraction of sp³-hybridized carbons (Fsp3) is 0.833. The zero-order chi connectivity index (χ0) is 10.2. The van der Waals surface area contributed by atoms with Crippen LogP contribution in [-0.2, 0) is 9.59 Å². The highest BCUT2D eigenvalue weighted by atomic mass is 16.1. The van der Waals surface area contributed by atoms with Crippen molar-refractivity contribution in [3.63, 3.8) is 0 Å². The average Bonchev–Trinajstić information content (AvgIpc) is 2.23. The molecule has 2 nitrogen and oxygen atoms in total. The highest BCUT2D eigenvalue weighted by Crippen LogP contribution is 2.51. The van der Waals surface area contributed by atoms with Crippen LogP contribution in [0.5, 0.6) is 0 Å². The molecule has 14 heavy (non-hydrogen) atoms. The molecule has 0 aliphatic heterocycles. The van der Waals surface area contributed by atoms with Gasteiger partial charge in [-0.1, -0.05) is 6.92 Å². The number of hydrogen-bond donors (Lipinski definition) is 0. The van der Waals surface area contributed by atoms with Crippen LogP contribution in [0.2, 0.25) is 0 Å². The Hall–Kier alpha value is -0.660. The van der Waals surface area contributed by atoms with Crippen molar-refractivity contribution in [2.24, 2.45) is 17.3 Å². The number of hydrogen-bond acceptors (Lipinski definition) is 2. The molecule has 3 aliphatic carbocycles. The smallest absolute Gasteiger partial charge is 0.142 e. The molecule has 0 radical (unpaired) electrons. The van der Waals surface area contributed by atoms with Crippen molar-refractivity contribution in [3.8, 4) is 0 Å².